The van der Waals surface area contributed by atoms with Crippen LogP contribution in [0.3, 0.4) is 0 Å². The first kappa shape index (κ1) is 22.2. The molecule has 3 N–H and O–H groups in total. The van der Waals surface area contributed by atoms with Gasteiger partial charge in [-0.25, -0.2) is 18.6 Å². The van der Waals surface area contributed by atoms with Crippen LogP contribution in [-0.4, -0.2) is 25.6 Å². The molecule has 0 aliphatic carbocycles. The van der Waals surface area contributed by atoms with Gasteiger partial charge in [-0.05, 0) is 36.8 Å². The van der Waals surface area contributed by atoms with Crippen LogP contribution >= 0.6 is 0 Å². The molecule has 3 aromatic rings. The molecule has 0 bridgehead atoms. The lowest BCUT2D eigenvalue weighted by Gasteiger charge is -2.18. The van der Waals surface area contributed by atoms with E-state index < -0.39 is 22.0 Å². The van der Waals surface area contributed by atoms with E-state index in [0.29, 0.717) is 11.1 Å². The number of carbonyl (C=O) groups excluding carboxylic acids is 1. The first-order valence-electron chi connectivity index (χ1n) is 9.59. The van der Waals surface area contributed by atoms with E-state index in [1.54, 1.807) is 54.6 Å². The largest absolute Gasteiger partial charge is 0.507 e. The number of nitrogens with zero attached hydrogens (tertiary/aromatic N) is 1. The zero-order chi connectivity index (χ0) is 22.3. The van der Waals surface area contributed by atoms with Gasteiger partial charge in [0, 0.05) is 12.0 Å². The number of hydrogen-bond donors (Lipinski definition) is 3. The number of nitrogens with one attached hydrogen (secondary N) is 2. The van der Waals surface area contributed by atoms with Crippen molar-refractivity contribution in [2.75, 3.05) is 0 Å². The second-order valence-corrected chi connectivity index (χ2v) is 8.67. The zero-order valence-corrected chi connectivity index (χ0v) is 17.7. The van der Waals surface area contributed by atoms with Crippen molar-refractivity contribution in [1.82, 2.24) is 10.1 Å². The number of hydrogen-bond acceptors (Lipinski definition) is 5. The summed E-state index contributed by atoms with van der Waals surface area (Å²) >= 11 is 0. The maximum Gasteiger partial charge on any atom is 0.242 e. The van der Waals surface area contributed by atoms with Crippen LogP contribution in [0, 0.1) is 6.92 Å². The standard InChI is InChI=1S/C23H23N3O4S/c1-17-11-13-20(14-12-17)31(29,30)26-21(18-7-3-2-4-8-18)15-23(28)25-24-16-19-9-5-6-10-22(19)27/h2-14,16,21,26-27H,15H2,1H3,(H,25,28)/b24-16-/t21-/m1/s1. The molecular formula is C23H23N3O4S. The molecule has 31 heavy (non-hydrogen) atoms. The second-order valence-electron chi connectivity index (χ2n) is 6.95. The number of aryl methyl sites for hydroxylation is 1. The number of phenolic OH excluding ortho intramolecular Hbond substituents is 1. The first-order valence-corrected chi connectivity index (χ1v) is 11.1. The highest BCUT2D eigenvalue weighted by Gasteiger charge is 2.23. The molecule has 0 saturated carbocycles. The van der Waals surface area contributed by atoms with Crippen LogP contribution in [-0.2, 0) is 14.8 Å². The van der Waals surface area contributed by atoms with E-state index in [9.17, 15) is 18.3 Å². The van der Waals surface area contributed by atoms with Gasteiger partial charge in [0.15, 0.2) is 0 Å². The SMILES string of the molecule is Cc1ccc(S(=O)(=O)N[C@H](CC(=O)N/N=C\c2ccccc2O)c2ccccc2)cc1. The Labute approximate surface area is 181 Å². The van der Waals surface area contributed by atoms with Crippen molar-refractivity contribution >= 4 is 22.1 Å². The quantitative estimate of drug-likeness (QED) is 0.371. The Balaban J connectivity index is 1.74. The topological polar surface area (TPSA) is 108 Å². The number of amides is 1. The highest BCUT2D eigenvalue weighted by atomic mass is 32.2. The van der Waals surface area contributed by atoms with Gasteiger partial charge in [-0.15, -0.1) is 0 Å². The summed E-state index contributed by atoms with van der Waals surface area (Å²) < 4.78 is 28.3. The summed E-state index contributed by atoms with van der Waals surface area (Å²) in [5, 5.41) is 13.6. The Bertz CT molecular complexity index is 1160. The Kier molecular flexibility index (Phi) is 7.17. The highest BCUT2D eigenvalue weighted by molar-refractivity contribution is 7.89. The maximum atomic E-state index is 12.8. The smallest absolute Gasteiger partial charge is 0.242 e. The zero-order valence-electron chi connectivity index (χ0n) is 16.9. The van der Waals surface area contributed by atoms with E-state index in [1.165, 1.54) is 24.4 Å². The van der Waals surface area contributed by atoms with Crippen LogP contribution in [0.2, 0.25) is 0 Å². The summed E-state index contributed by atoms with van der Waals surface area (Å²) in [7, 11) is -3.84. The van der Waals surface area contributed by atoms with Crippen molar-refractivity contribution in [3.05, 3.63) is 95.6 Å². The van der Waals surface area contributed by atoms with E-state index in [4.69, 9.17) is 0 Å². The van der Waals surface area contributed by atoms with E-state index in [-0.39, 0.29) is 17.1 Å². The molecule has 3 aromatic carbocycles. The monoisotopic (exact) mass is 437 g/mol. The minimum Gasteiger partial charge on any atom is -0.507 e. The summed E-state index contributed by atoms with van der Waals surface area (Å²) in [5.74, 6) is -0.444. The molecule has 0 unspecified atom stereocenters. The van der Waals surface area contributed by atoms with E-state index in [2.05, 4.69) is 15.2 Å². The lowest BCUT2D eigenvalue weighted by Crippen LogP contribution is -2.32. The molecule has 3 rings (SSSR count). The molecule has 0 saturated heterocycles. The van der Waals surface area contributed by atoms with Gasteiger partial charge in [0.2, 0.25) is 15.9 Å². The summed E-state index contributed by atoms with van der Waals surface area (Å²) in [6.07, 6.45) is 1.16. The molecule has 7 nitrogen and oxygen atoms in total. The fourth-order valence-electron chi connectivity index (χ4n) is 2.89. The summed E-state index contributed by atoms with van der Waals surface area (Å²) in [5.41, 5.74) is 4.42. The van der Waals surface area contributed by atoms with Gasteiger partial charge >= 0.3 is 0 Å². The average molecular weight is 438 g/mol. The minimum atomic E-state index is -3.84. The van der Waals surface area contributed by atoms with Crippen LogP contribution in [0.25, 0.3) is 0 Å². The summed E-state index contributed by atoms with van der Waals surface area (Å²) in [6, 6.07) is 21.1. The molecule has 0 heterocycles. The summed E-state index contributed by atoms with van der Waals surface area (Å²) in [6.45, 7) is 1.87. The molecule has 1 atom stereocenters. The number of para-hydroxylation sites is 1. The molecule has 160 valence electrons. The Morgan fingerprint density at radius 2 is 1.65 bits per heavy atom. The second kappa shape index (κ2) is 10.0. The van der Waals surface area contributed by atoms with Crippen LogP contribution in [0.5, 0.6) is 5.75 Å². The lowest BCUT2D eigenvalue weighted by atomic mass is 10.0. The normalized spacial score (nSPS) is 12.5. The predicted molar refractivity (Wildman–Crippen MR) is 119 cm³/mol. The first-order chi connectivity index (χ1) is 14.8. The van der Waals surface area contributed by atoms with Gasteiger partial charge in [0.25, 0.3) is 0 Å². The number of hydrazone groups is 1. The van der Waals surface area contributed by atoms with Gasteiger partial charge in [-0.1, -0.05) is 60.2 Å². The van der Waals surface area contributed by atoms with Crippen LogP contribution < -0.4 is 10.1 Å². The minimum absolute atomic E-state index is 0.0357. The number of phenols is 1. The van der Waals surface area contributed by atoms with Crippen molar-refractivity contribution in [3.63, 3.8) is 0 Å². The molecule has 0 aliphatic heterocycles. The lowest BCUT2D eigenvalue weighted by molar-refractivity contribution is -0.121. The van der Waals surface area contributed by atoms with E-state index in [1.807, 2.05) is 13.0 Å². The van der Waals surface area contributed by atoms with Crippen molar-refractivity contribution in [3.8, 4) is 5.75 Å². The fraction of sp³-hybridized carbons (Fsp3) is 0.130. The van der Waals surface area contributed by atoms with Gasteiger partial charge < -0.3 is 5.11 Å². The number of aromatic hydroxyl groups is 1. The third kappa shape index (κ3) is 6.24. The maximum absolute atomic E-state index is 12.8. The molecule has 0 spiro atoms. The summed E-state index contributed by atoms with van der Waals surface area (Å²) in [4.78, 5) is 12.6. The average Bonchev–Trinajstić information content (AvgIpc) is 2.75. The number of rotatable bonds is 8. The number of sulfonamides is 1. The Morgan fingerprint density at radius 1 is 1.00 bits per heavy atom. The highest BCUT2D eigenvalue weighted by Crippen LogP contribution is 2.21. The molecule has 0 aromatic heterocycles. The van der Waals surface area contributed by atoms with Crippen LogP contribution in [0.1, 0.15) is 29.2 Å². The van der Waals surface area contributed by atoms with E-state index in [0.717, 1.165) is 5.56 Å². The predicted octanol–water partition coefficient (Wildman–Crippen LogP) is 3.26. The third-order valence-electron chi connectivity index (χ3n) is 4.55. The number of benzene rings is 3. The van der Waals surface area contributed by atoms with Crippen molar-refractivity contribution in [1.29, 1.82) is 0 Å². The molecule has 0 fully saturated rings. The van der Waals surface area contributed by atoms with Gasteiger partial charge in [0.05, 0.1) is 17.2 Å². The Hall–Kier alpha value is -3.49. The molecule has 1 amide bonds. The molecule has 0 aliphatic rings. The van der Waals surface area contributed by atoms with Crippen LogP contribution in [0.15, 0.2) is 88.9 Å². The third-order valence-corrected chi connectivity index (χ3v) is 6.04. The molecule has 8 heteroatoms. The number of carbonyl (C=O) groups is 1. The molecule has 0 radical (unpaired) electrons. The Morgan fingerprint density at radius 3 is 2.32 bits per heavy atom. The van der Waals surface area contributed by atoms with Crippen LogP contribution in [0.4, 0.5) is 0 Å². The van der Waals surface area contributed by atoms with Gasteiger partial charge in [0.1, 0.15) is 5.75 Å². The van der Waals surface area contributed by atoms with Gasteiger partial charge in [-0.2, -0.15) is 5.10 Å². The van der Waals surface area contributed by atoms with Crippen molar-refractivity contribution in [2.45, 2.75) is 24.3 Å². The van der Waals surface area contributed by atoms with E-state index >= 15 is 0 Å². The fourth-order valence-corrected chi connectivity index (χ4v) is 4.11. The molecular weight excluding hydrogens is 414 g/mol. The van der Waals surface area contributed by atoms with Crippen molar-refractivity contribution < 1.29 is 18.3 Å². The van der Waals surface area contributed by atoms with Gasteiger partial charge in [-0.3, -0.25) is 4.79 Å². The van der Waals surface area contributed by atoms with Crippen molar-refractivity contribution in [2.24, 2.45) is 5.10 Å².